The van der Waals surface area contributed by atoms with Crippen LogP contribution in [0, 0.1) is 0 Å². The highest BCUT2D eigenvalue weighted by Gasteiger charge is 2.09. The highest BCUT2D eigenvalue weighted by atomic mass is 16.5. The number of likely N-dealkylation sites (N-methyl/N-ethyl adjacent to an activating group) is 1. The first-order valence-electron chi connectivity index (χ1n) is 6.58. The van der Waals surface area contributed by atoms with Crippen molar-refractivity contribution in [3.8, 4) is 0 Å². The van der Waals surface area contributed by atoms with Crippen molar-refractivity contribution >= 4 is 5.97 Å². The first-order valence-corrected chi connectivity index (χ1v) is 6.58. The Bertz CT molecular complexity index is 208. The molecule has 0 unspecified atom stereocenters. The SMILES string of the molecule is CCC(CC)NCCC(=O)OCC[N+](C)(C)C. The molecule has 0 aliphatic carbocycles. The van der Waals surface area contributed by atoms with Gasteiger partial charge in [-0.3, -0.25) is 4.79 Å². The third-order valence-electron chi connectivity index (χ3n) is 2.77. The number of hydrogen-bond acceptors (Lipinski definition) is 3. The van der Waals surface area contributed by atoms with Crippen LogP contribution < -0.4 is 5.32 Å². The van der Waals surface area contributed by atoms with E-state index in [1.807, 2.05) is 0 Å². The van der Waals surface area contributed by atoms with Crippen LogP contribution in [0.5, 0.6) is 0 Å². The smallest absolute Gasteiger partial charge is 0.307 e. The predicted molar refractivity (Wildman–Crippen MR) is 70.8 cm³/mol. The number of ether oxygens (including phenoxy) is 1. The number of nitrogens with zero attached hydrogens (tertiary/aromatic N) is 1. The lowest BCUT2D eigenvalue weighted by Gasteiger charge is -2.23. The van der Waals surface area contributed by atoms with E-state index in [4.69, 9.17) is 4.74 Å². The normalized spacial score (nSPS) is 11.9. The number of carbonyl (C=O) groups is 1. The van der Waals surface area contributed by atoms with Crippen molar-refractivity contribution in [1.82, 2.24) is 5.32 Å². The molecule has 4 nitrogen and oxygen atoms in total. The van der Waals surface area contributed by atoms with Crippen LogP contribution in [0.4, 0.5) is 0 Å². The van der Waals surface area contributed by atoms with E-state index in [1.54, 1.807) is 0 Å². The first kappa shape index (κ1) is 16.4. The van der Waals surface area contributed by atoms with Gasteiger partial charge in [0.05, 0.1) is 27.6 Å². The Morgan fingerprint density at radius 2 is 1.82 bits per heavy atom. The number of quaternary nitrogens is 1. The van der Waals surface area contributed by atoms with Gasteiger partial charge in [-0.05, 0) is 12.8 Å². The van der Waals surface area contributed by atoms with Crippen LogP contribution in [0.2, 0.25) is 0 Å². The fourth-order valence-electron chi connectivity index (χ4n) is 1.46. The molecule has 17 heavy (non-hydrogen) atoms. The van der Waals surface area contributed by atoms with Crippen LogP contribution in [0.1, 0.15) is 33.1 Å². The van der Waals surface area contributed by atoms with Gasteiger partial charge in [0.2, 0.25) is 0 Å². The molecule has 0 atom stereocenters. The van der Waals surface area contributed by atoms with E-state index in [-0.39, 0.29) is 5.97 Å². The Balaban J connectivity index is 3.53. The maximum atomic E-state index is 11.4. The van der Waals surface area contributed by atoms with Crippen molar-refractivity contribution in [2.45, 2.75) is 39.2 Å². The summed E-state index contributed by atoms with van der Waals surface area (Å²) in [7, 11) is 6.26. The van der Waals surface area contributed by atoms with E-state index in [9.17, 15) is 4.79 Å². The van der Waals surface area contributed by atoms with Gasteiger partial charge in [-0.2, -0.15) is 0 Å². The van der Waals surface area contributed by atoms with Gasteiger partial charge in [-0.1, -0.05) is 13.8 Å². The van der Waals surface area contributed by atoms with Crippen LogP contribution in [0.3, 0.4) is 0 Å². The van der Waals surface area contributed by atoms with Crippen LogP contribution in [0.15, 0.2) is 0 Å². The molecule has 0 aliphatic heterocycles. The standard InChI is InChI=1S/C13H29N2O2/c1-6-12(7-2)14-9-8-13(16)17-11-10-15(3,4)5/h12,14H,6-11H2,1-5H3/q+1. The molecular formula is C13H29N2O2+. The molecule has 0 heterocycles. The van der Waals surface area contributed by atoms with Crippen molar-refractivity contribution in [2.75, 3.05) is 40.8 Å². The average molecular weight is 245 g/mol. The van der Waals surface area contributed by atoms with Gasteiger partial charge in [0.15, 0.2) is 0 Å². The minimum Gasteiger partial charge on any atom is -0.460 e. The maximum absolute atomic E-state index is 11.4. The zero-order valence-corrected chi connectivity index (χ0v) is 12.1. The molecule has 0 rings (SSSR count). The molecule has 0 fully saturated rings. The lowest BCUT2D eigenvalue weighted by atomic mass is 10.2. The van der Waals surface area contributed by atoms with Gasteiger partial charge in [-0.15, -0.1) is 0 Å². The molecule has 4 heteroatoms. The van der Waals surface area contributed by atoms with Gasteiger partial charge in [-0.25, -0.2) is 0 Å². The van der Waals surface area contributed by atoms with Gasteiger partial charge in [0.1, 0.15) is 13.2 Å². The molecule has 0 aromatic rings. The summed E-state index contributed by atoms with van der Waals surface area (Å²) in [6.07, 6.45) is 2.67. The molecule has 1 N–H and O–H groups in total. The molecule has 0 aromatic heterocycles. The van der Waals surface area contributed by atoms with Gasteiger partial charge in [0, 0.05) is 12.6 Å². The van der Waals surface area contributed by atoms with Crippen LogP contribution >= 0.6 is 0 Å². The monoisotopic (exact) mass is 245 g/mol. The summed E-state index contributed by atoms with van der Waals surface area (Å²) in [6.45, 7) is 6.38. The zero-order valence-electron chi connectivity index (χ0n) is 12.1. The number of rotatable bonds is 9. The Labute approximate surface area is 106 Å². The van der Waals surface area contributed by atoms with E-state index < -0.39 is 0 Å². The molecule has 0 aromatic carbocycles. The Hall–Kier alpha value is -0.610. The average Bonchev–Trinajstić information content (AvgIpc) is 2.22. The molecule has 102 valence electrons. The lowest BCUT2D eigenvalue weighted by molar-refractivity contribution is -0.870. The van der Waals surface area contributed by atoms with Crippen LogP contribution in [0.25, 0.3) is 0 Å². The summed E-state index contributed by atoms with van der Waals surface area (Å²) in [4.78, 5) is 11.4. The van der Waals surface area contributed by atoms with E-state index in [0.29, 0.717) is 19.1 Å². The van der Waals surface area contributed by atoms with Crippen molar-refractivity contribution in [3.63, 3.8) is 0 Å². The largest absolute Gasteiger partial charge is 0.460 e. The van der Waals surface area contributed by atoms with Crippen LogP contribution in [-0.4, -0.2) is 57.3 Å². The molecule has 0 spiro atoms. The van der Waals surface area contributed by atoms with Crippen molar-refractivity contribution in [2.24, 2.45) is 0 Å². The number of nitrogens with one attached hydrogen (secondary N) is 1. The van der Waals surface area contributed by atoms with E-state index in [1.165, 1.54) is 0 Å². The summed E-state index contributed by atoms with van der Waals surface area (Å²) < 4.78 is 5.99. The van der Waals surface area contributed by atoms with E-state index >= 15 is 0 Å². The summed E-state index contributed by atoms with van der Waals surface area (Å²) in [5.74, 6) is -0.100. The molecule has 0 amide bonds. The Kier molecular flexibility index (Phi) is 8.17. The first-order chi connectivity index (χ1) is 7.89. The second-order valence-corrected chi connectivity index (χ2v) is 5.45. The predicted octanol–water partition coefficient (Wildman–Crippen LogP) is 1.40. The number of esters is 1. The highest BCUT2D eigenvalue weighted by molar-refractivity contribution is 5.69. The summed E-state index contributed by atoms with van der Waals surface area (Å²) in [5, 5.41) is 3.35. The topological polar surface area (TPSA) is 38.3 Å². The molecule has 0 saturated carbocycles. The van der Waals surface area contributed by atoms with Crippen molar-refractivity contribution in [3.05, 3.63) is 0 Å². The second kappa shape index (κ2) is 8.48. The van der Waals surface area contributed by atoms with Gasteiger partial charge in [0.25, 0.3) is 0 Å². The number of hydrogen-bond donors (Lipinski definition) is 1. The van der Waals surface area contributed by atoms with E-state index in [2.05, 4.69) is 40.3 Å². The Morgan fingerprint density at radius 3 is 2.29 bits per heavy atom. The minimum atomic E-state index is -0.100. The van der Waals surface area contributed by atoms with Gasteiger partial charge < -0.3 is 14.5 Å². The fraction of sp³-hybridized carbons (Fsp3) is 0.923. The molecular weight excluding hydrogens is 216 g/mol. The molecule has 0 radical (unpaired) electrons. The quantitative estimate of drug-likeness (QED) is 0.493. The Morgan fingerprint density at radius 1 is 1.24 bits per heavy atom. The van der Waals surface area contributed by atoms with E-state index in [0.717, 1.165) is 30.4 Å². The third-order valence-corrected chi connectivity index (χ3v) is 2.77. The zero-order chi connectivity index (χ0) is 13.3. The molecule has 0 aliphatic rings. The third kappa shape index (κ3) is 10.3. The number of carbonyl (C=O) groups excluding carboxylic acids is 1. The highest BCUT2D eigenvalue weighted by Crippen LogP contribution is 1.96. The lowest BCUT2D eigenvalue weighted by Crippen LogP contribution is -2.38. The maximum Gasteiger partial charge on any atom is 0.307 e. The van der Waals surface area contributed by atoms with Crippen molar-refractivity contribution < 1.29 is 14.0 Å². The fourth-order valence-corrected chi connectivity index (χ4v) is 1.46. The second-order valence-electron chi connectivity index (χ2n) is 5.45. The molecule has 0 bridgehead atoms. The minimum absolute atomic E-state index is 0.100. The van der Waals surface area contributed by atoms with Crippen molar-refractivity contribution in [1.29, 1.82) is 0 Å². The van der Waals surface area contributed by atoms with Crippen LogP contribution in [-0.2, 0) is 9.53 Å². The summed E-state index contributed by atoms with van der Waals surface area (Å²) in [6, 6.07) is 0.522. The van der Waals surface area contributed by atoms with Gasteiger partial charge >= 0.3 is 5.97 Å². The molecule has 0 saturated heterocycles. The summed E-state index contributed by atoms with van der Waals surface area (Å²) >= 11 is 0. The summed E-state index contributed by atoms with van der Waals surface area (Å²) in [5.41, 5.74) is 0.